The van der Waals surface area contributed by atoms with Gasteiger partial charge in [0.05, 0.1) is 0 Å². The lowest BCUT2D eigenvalue weighted by molar-refractivity contribution is 0.660. The molecule has 0 unspecified atom stereocenters. The van der Waals surface area contributed by atoms with Crippen LogP contribution in [-0.2, 0) is 5.41 Å². The fourth-order valence-electron chi connectivity index (χ4n) is 12.6. The molecule has 0 saturated heterocycles. The molecule has 0 amide bonds. The van der Waals surface area contributed by atoms with Gasteiger partial charge in [0.25, 0.3) is 0 Å². The standard InChI is InChI=1S/C73H50N2S/c1-73(2)69-45-52(74(48-18-5-3-6-19-48)49-20-7-4-8-21-49)37-40-63(69)64-41-38-53(46-70(64)73)75(51-36-39-62-59-26-12-11-24-57(59)58-25-13-14-27-60(58)68(62)44-51)50-34-32-47(33-35-50)54-42-43-61(56-23-10-9-22-55(54)56)66-29-17-30-67-65-28-15-16-31-71(65)76-72(66)67/h3-46H,1-2H3. The highest BCUT2D eigenvalue weighted by molar-refractivity contribution is 7.26. The highest BCUT2D eigenvalue weighted by Crippen LogP contribution is 2.53. The van der Waals surface area contributed by atoms with Crippen molar-refractivity contribution in [2.45, 2.75) is 19.3 Å². The minimum Gasteiger partial charge on any atom is -0.310 e. The Morgan fingerprint density at radius 3 is 1.28 bits per heavy atom. The van der Waals surface area contributed by atoms with E-state index in [1.165, 1.54) is 108 Å². The first-order chi connectivity index (χ1) is 37.5. The quantitative estimate of drug-likeness (QED) is 0.140. The van der Waals surface area contributed by atoms with Crippen molar-refractivity contribution in [3.8, 4) is 33.4 Å². The highest BCUT2D eigenvalue weighted by Gasteiger charge is 2.37. The summed E-state index contributed by atoms with van der Waals surface area (Å²) in [6.07, 6.45) is 0. The Morgan fingerprint density at radius 2 is 0.671 bits per heavy atom. The molecule has 0 spiro atoms. The number of hydrogen-bond donors (Lipinski definition) is 0. The van der Waals surface area contributed by atoms with Crippen LogP contribution >= 0.6 is 11.3 Å². The molecule has 0 radical (unpaired) electrons. The van der Waals surface area contributed by atoms with Gasteiger partial charge in [-0.3, -0.25) is 0 Å². The van der Waals surface area contributed by atoms with Crippen molar-refractivity contribution in [1.29, 1.82) is 0 Å². The molecule has 0 fully saturated rings. The van der Waals surface area contributed by atoms with Gasteiger partial charge in [0.1, 0.15) is 0 Å². The van der Waals surface area contributed by atoms with Gasteiger partial charge in [0.2, 0.25) is 0 Å². The molecule has 76 heavy (non-hydrogen) atoms. The van der Waals surface area contributed by atoms with Gasteiger partial charge in [0, 0.05) is 65.3 Å². The van der Waals surface area contributed by atoms with Crippen molar-refractivity contribution in [1.82, 2.24) is 0 Å². The molecule has 0 N–H and O–H groups in total. The number of thiophene rings is 1. The van der Waals surface area contributed by atoms with Crippen LogP contribution in [0.15, 0.2) is 267 Å². The van der Waals surface area contributed by atoms with Gasteiger partial charge in [-0.25, -0.2) is 0 Å². The van der Waals surface area contributed by atoms with E-state index >= 15 is 0 Å². The van der Waals surface area contributed by atoms with Crippen molar-refractivity contribution < 1.29 is 0 Å². The van der Waals surface area contributed by atoms with E-state index in [4.69, 9.17) is 0 Å². The molecule has 0 aliphatic heterocycles. The lowest BCUT2D eigenvalue weighted by atomic mass is 9.82. The van der Waals surface area contributed by atoms with E-state index in [1.807, 2.05) is 11.3 Å². The average molecular weight is 987 g/mol. The maximum Gasteiger partial charge on any atom is 0.0468 e. The predicted octanol–water partition coefficient (Wildman–Crippen LogP) is 21.2. The number of rotatable bonds is 8. The lowest BCUT2D eigenvalue weighted by Gasteiger charge is -2.29. The van der Waals surface area contributed by atoms with Crippen LogP contribution in [0.25, 0.3) is 96.6 Å². The molecule has 1 heterocycles. The van der Waals surface area contributed by atoms with E-state index < -0.39 is 0 Å². The maximum absolute atomic E-state index is 2.47. The Balaban J connectivity index is 0.867. The molecule has 1 aromatic heterocycles. The van der Waals surface area contributed by atoms with Crippen LogP contribution in [-0.4, -0.2) is 0 Å². The zero-order valence-electron chi connectivity index (χ0n) is 42.2. The van der Waals surface area contributed by atoms with E-state index in [2.05, 4.69) is 291 Å². The van der Waals surface area contributed by atoms with Crippen LogP contribution in [0.4, 0.5) is 34.1 Å². The molecule has 0 saturated carbocycles. The Hall–Kier alpha value is -9.28. The van der Waals surface area contributed by atoms with Crippen LogP contribution in [0.2, 0.25) is 0 Å². The Morgan fingerprint density at radius 1 is 0.263 bits per heavy atom. The second-order valence-corrected chi connectivity index (χ2v) is 21.8. The third kappa shape index (κ3) is 6.93. The lowest BCUT2D eigenvalue weighted by Crippen LogP contribution is -2.17. The third-order valence-corrected chi connectivity index (χ3v) is 17.4. The van der Waals surface area contributed by atoms with Crippen molar-refractivity contribution in [2.24, 2.45) is 0 Å². The molecule has 358 valence electrons. The summed E-state index contributed by atoms with van der Waals surface area (Å²) in [5.74, 6) is 0. The molecule has 1 aliphatic rings. The van der Waals surface area contributed by atoms with Crippen molar-refractivity contribution in [3.05, 3.63) is 278 Å². The van der Waals surface area contributed by atoms with Gasteiger partial charge in [-0.15, -0.1) is 11.3 Å². The van der Waals surface area contributed by atoms with Gasteiger partial charge in [0.15, 0.2) is 0 Å². The number of nitrogens with zero attached hydrogens (tertiary/aromatic N) is 2. The largest absolute Gasteiger partial charge is 0.310 e. The smallest absolute Gasteiger partial charge is 0.0468 e. The average Bonchev–Trinajstić information content (AvgIpc) is 3.98. The van der Waals surface area contributed by atoms with Crippen LogP contribution < -0.4 is 9.80 Å². The Kier molecular flexibility index (Phi) is 10.1. The van der Waals surface area contributed by atoms with Gasteiger partial charge >= 0.3 is 0 Å². The topological polar surface area (TPSA) is 6.48 Å². The second-order valence-electron chi connectivity index (χ2n) is 20.8. The van der Waals surface area contributed by atoms with Crippen molar-refractivity contribution in [3.63, 3.8) is 0 Å². The minimum absolute atomic E-state index is 0.278. The number of para-hydroxylation sites is 2. The van der Waals surface area contributed by atoms with E-state index in [0.29, 0.717) is 0 Å². The summed E-state index contributed by atoms with van der Waals surface area (Å²) >= 11 is 1.89. The number of anilines is 6. The highest BCUT2D eigenvalue weighted by atomic mass is 32.1. The van der Waals surface area contributed by atoms with Gasteiger partial charge in [-0.05, 0) is 161 Å². The monoisotopic (exact) mass is 986 g/mol. The van der Waals surface area contributed by atoms with Gasteiger partial charge in [-0.1, -0.05) is 202 Å². The molecule has 0 bridgehead atoms. The fourth-order valence-corrected chi connectivity index (χ4v) is 13.8. The van der Waals surface area contributed by atoms with E-state index in [1.54, 1.807) is 0 Å². The summed E-state index contributed by atoms with van der Waals surface area (Å²) in [6.45, 7) is 4.79. The molecule has 3 heteroatoms. The van der Waals surface area contributed by atoms with Crippen LogP contribution in [0.3, 0.4) is 0 Å². The SMILES string of the molecule is CC1(C)c2cc(N(c3ccccc3)c3ccccc3)ccc2-c2ccc(N(c3ccc(-c4ccc(-c5cccc6c5sc5ccccc56)c5ccccc45)cc3)c3ccc4c5ccccc5c5ccccc5c4c3)cc21. The molecule has 1 aliphatic carbocycles. The minimum atomic E-state index is -0.278. The molecular formula is C73H50N2S. The fraction of sp³-hybridized carbons (Fsp3) is 0.0411. The van der Waals surface area contributed by atoms with Crippen molar-refractivity contribution >= 4 is 109 Å². The molecule has 13 aromatic carbocycles. The summed E-state index contributed by atoms with van der Waals surface area (Å²) in [6, 6.07) is 98.9. The molecule has 14 aromatic rings. The van der Waals surface area contributed by atoms with Crippen LogP contribution in [0, 0.1) is 0 Å². The predicted molar refractivity (Wildman–Crippen MR) is 327 cm³/mol. The first-order valence-corrected chi connectivity index (χ1v) is 27.1. The molecular weight excluding hydrogens is 937 g/mol. The molecule has 2 nitrogen and oxygen atoms in total. The summed E-state index contributed by atoms with van der Waals surface area (Å²) in [5.41, 5.74) is 16.6. The number of fused-ring (bicyclic) bond motifs is 13. The summed E-state index contributed by atoms with van der Waals surface area (Å²) in [7, 11) is 0. The van der Waals surface area contributed by atoms with Crippen LogP contribution in [0.5, 0.6) is 0 Å². The Bertz CT molecular complexity index is 4530. The third-order valence-electron chi connectivity index (χ3n) is 16.2. The first-order valence-electron chi connectivity index (χ1n) is 26.3. The van der Waals surface area contributed by atoms with E-state index in [-0.39, 0.29) is 5.41 Å². The molecule has 15 rings (SSSR count). The first kappa shape index (κ1) is 44.2. The number of hydrogen-bond acceptors (Lipinski definition) is 3. The van der Waals surface area contributed by atoms with Crippen molar-refractivity contribution in [2.75, 3.05) is 9.80 Å². The van der Waals surface area contributed by atoms with Crippen LogP contribution in [0.1, 0.15) is 25.0 Å². The van der Waals surface area contributed by atoms with Gasteiger partial charge < -0.3 is 9.80 Å². The van der Waals surface area contributed by atoms with E-state index in [9.17, 15) is 0 Å². The number of benzene rings is 13. The summed E-state index contributed by atoms with van der Waals surface area (Å²) in [5, 5.41) is 12.7. The molecule has 0 atom stereocenters. The summed E-state index contributed by atoms with van der Waals surface area (Å²) < 4.78 is 2.66. The maximum atomic E-state index is 2.47. The Labute approximate surface area is 446 Å². The zero-order chi connectivity index (χ0) is 50.5. The normalized spacial score (nSPS) is 12.7. The van der Waals surface area contributed by atoms with E-state index in [0.717, 1.165) is 34.1 Å². The second kappa shape index (κ2) is 17.4. The summed E-state index contributed by atoms with van der Waals surface area (Å²) in [4.78, 5) is 4.84. The van der Waals surface area contributed by atoms with Gasteiger partial charge in [-0.2, -0.15) is 0 Å². The zero-order valence-corrected chi connectivity index (χ0v) is 43.0.